The Hall–Kier alpha value is -0.790. The van der Waals surface area contributed by atoms with Gasteiger partial charge in [0, 0.05) is 0 Å². The van der Waals surface area contributed by atoms with E-state index in [0.29, 0.717) is 0 Å². The minimum Gasteiger partial charge on any atom is -0.287 e. The SMILES string of the molecule is c1nc2cn1-2. The zero-order chi connectivity index (χ0) is 3.28. The number of aromatic nitrogens is 2. The quantitative estimate of drug-likeness (QED) is 0.429. The van der Waals surface area contributed by atoms with Crippen LogP contribution in [0.15, 0.2) is 12.5 Å². The van der Waals surface area contributed by atoms with Crippen molar-refractivity contribution >= 4 is 0 Å². The largest absolute Gasteiger partial charge is 0.287 e. The molecule has 0 aromatic carbocycles. The fraction of sp³-hybridized carbons (Fsp3) is 0. The molecule has 0 radical (unpaired) electrons. The molecule has 0 aromatic rings. The molecule has 24 valence electrons. The molecule has 2 aliphatic heterocycles. The van der Waals surface area contributed by atoms with E-state index in [-0.39, 0.29) is 0 Å². The van der Waals surface area contributed by atoms with Gasteiger partial charge < -0.3 is 0 Å². The summed E-state index contributed by atoms with van der Waals surface area (Å²) in [5.41, 5.74) is 0. The predicted octanol–water partition coefficient (Wildman–Crippen LogP) is 0.186. The molecule has 2 heteroatoms. The van der Waals surface area contributed by atoms with Gasteiger partial charge in [-0.15, -0.1) is 0 Å². The van der Waals surface area contributed by atoms with Crippen molar-refractivity contribution in [1.82, 2.24) is 9.55 Å². The van der Waals surface area contributed by atoms with Crippen molar-refractivity contribution in [1.29, 1.82) is 0 Å². The van der Waals surface area contributed by atoms with E-state index in [1.807, 2.05) is 10.8 Å². The van der Waals surface area contributed by atoms with Gasteiger partial charge in [-0.25, -0.2) is 4.98 Å². The Bertz CT molecular complexity index is 130. The fourth-order valence-corrected chi connectivity index (χ4v) is 0.353. The van der Waals surface area contributed by atoms with E-state index in [9.17, 15) is 0 Å². The molecular formula is C3H2N2. The second-order valence-corrected chi connectivity index (χ2v) is 1.14. The van der Waals surface area contributed by atoms with Crippen molar-refractivity contribution in [2.45, 2.75) is 0 Å². The summed E-state index contributed by atoms with van der Waals surface area (Å²) in [4.78, 5) is 3.81. The summed E-state index contributed by atoms with van der Waals surface area (Å²) >= 11 is 0. The van der Waals surface area contributed by atoms with Crippen molar-refractivity contribution in [2.24, 2.45) is 0 Å². The lowest BCUT2D eigenvalue weighted by molar-refractivity contribution is 1.02. The second-order valence-electron chi connectivity index (χ2n) is 1.14. The van der Waals surface area contributed by atoms with E-state index in [0.717, 1.165) is 5.82 Å². The van der Waals surface area contributed by atoms with Crippen molar-refractivity contribution in [3.8, 4) is 5.82 Å². The lowest BCUT2D eigenvalue weighted by atomic mass is 10.9. The van der Waals surface area contributed by atoms with Crippen LogP contribution in [0.4, 0.5) is 0 Å². The number of imidazole rings is 1. The van der Waals surface area contributed by atoms with Gasteiger partial charge >= 0.3 is 0 Å². The van der Waals surface area contributed by atoms with Crippen LogP contribution in [0.25, 0.3) is 5.82 Å². The minimum absolute atomic E-state index is 1.13. The van der Waals surface area contributed by atoms with Crippen LogP contribution in [-0.4, -0.2) is 9.55 Å². The molecule has 0 spiro atoms. The van der Waals surface area contributed by atoms with Gasteiger partial charge in [-0.3, -0.25) is 4.57 Å². The Morgan fingerprint density at radius 2 is 2.60 bits per heavy atom. The maximum absolute atomic E-state index is 3.81. The topological polar surface area (TPSA) is 17.8 Å². The molecule has 0 bridgehead atoms. The third kappa shape index (κ3) is 0.0451. The zero-order valence-corrected chi connectivity index (χ0v) is 2.55. The van der Waals surface area contributed by atoms with E-state index in [1.54, 1.807) is 6.33 Å². The molecule has 2 heterocycles. The van der Waals surface area contributed by atoms with Crippen LogP contribution >= 0.6 is 0 Å². The molecule has 0 aliphatic carbocycles. The molecular weight excluding hydrogens is 64.0 g/mol. The van der Waals surface area contributed by atoms with Gasteiger partial charge in [0.1, 0.15) is 6.33 Å². The number of hydrogen-bond donors (Lipinski definition) is 0. The summed E-state index contributed by atoms with van der Waals surface area (Å²) in [6.45, 7) is 0. The van der Waals surface area contributed by atoms with Gasteiger partial charge in [-0.05, 0) is 0 Å². The van der Waals surface area contributed by atoms with Crippen LogP contribution in [0, 0.1) is 0 Å². The Morgan fingerprint density at radius 1 is 1.80 bits per heavy atom. The Balaban J connectivity index is 3.13. The number of rotatable bonds is 0. The smallest absolute Gasteiger partial charge is 0.156 e. The first kappa shape index (κ1) is 1.60. The number of hydrogen-bond acceptors (Lipinski definition) is 1. The van der Waals surface area contributed by atoms with Gasteiger partial charge in [0.25, 0.3) is 0 Å². The van der Waals surface area contributed by atoms with Crippen LogP contribution in [0.3, 0.4) is 0 Å². The van der Waals surface area contributed by atoms with E-state index in [2.05, 4.69) is 4.98 Å². The summed E-state index contributed by atoms with van der Waals surface area (Å²) in [6, 6.07) is 0. The third-order valence-corrected chi connectivity index (χ3v) is 0.766. The molecule has 0 N–H and O–H groups in total. The van der Waals surface area contributed by atoms with Crippen LogP contribution in [-0.2, 0) is 0 Å². The fourth-order valence-electron chi connectivity index (χ4n) is 0.353. The summed E-state index contributed by atoms with van der Waals surface area (Å²) in [5.74, 6) is 1.13. The first-order valence-corrected chi connectivity index (χ1v) is 1.51. The van der Waals surface area contributed by atoms with Crippen LogP contribution in [0.2, 0.25) is 0 Å². The average Bonchev–Trinajstić information content (AvgIpc) is 1.74. The van der Waals surface area contributed by atoms with Crippen LogP contribution in [0.5, 0.6) is 0 Å². The molecule has 0 fully saturated rings. The van der Waals surface area contributed by atoms with Crippen molar-refractivity contribution in [2.75, 3.05) is 0 Å². The molecule has 2 rings (SSSR count). The van der Waals surface area contributed by atoms with Crippen LogP contribution in [0.1, 0.15) is 0 Å². The molecule has 0 saturated heterocycles. The molecule has 0 aromatic heterocycles. The Labute approximate surface area is 29.1 Å². The van der Waals surface area contributed by atoms with Gasteiger partial charge in [-0.1, -0.05) is 0 Å². The molecule has 2 aliphatic rings. The monoisotopic (exact) mass is 66.0 g/mol. The highest BCUT2D eigenvalue weighted by molar-refractivity contribution is 5.33. The molecule has 0 amide bonds. The molecule has 5 heavy (non-hydrogen) atoms. The summed E-state index contributed by atoms with van der Waals surface area (Å²) < 4.78 is 1.97. The molecule has 0 unspecified atom stereocenters. The highest BCUT2D eigenvalue weighted by Gasteiger charge is 2.10. The van der Waals surface area contributed by atoms with E-state index in [4.69, 9.17) is 0 Å². The summed E-state index contributed by atoms with van der Waals surface area (Å²) in [6.07, 6.45) is 3.76. The van der Waals surface area contributed by atoms with Crippen molar-refractivity contribution in [3.05, 3.63) is 12.5 Å². The second kappa shape index (κ2) is 0.233. The molecule has 2 nitrogen and oxygen atoms in total. The predicted molar refractivity (Wildman–Crippen MR) is 17.1 cm³/mol. The van der Waals surface area contributed by atoms with E-state index >= 15 is 0 Å². The normalized spacial score (nSPS) is 12.0. The molecule has 0 atom stereocenters. The maximum Gasteiger partial charge on any atom is 0.156 e. The first-order chi connectivity index (χ1) is 2.47. The third-order valence-electron chi connectivity index (χ3n) is 0.766. The highest BCUT2D eigenvalue weighted by atomic mass is 15.2. The van der Waals surface area contributed by atoms with Crippen LogP contribution < -0.4 is 0 Å². The van der Waals surface area contributed by atoms with E-state index < -0.39 is 0 Å². The summed E-state index contributed by atoms with van der Waals surface area (Å²) in [5, 5.41) is 0. The molecule has 0 saturated carbocycles. The lowest BCUT2D eigenvalue weighted by Gasteiger charge is -1.81. The standard InChI is InChI=1S/C3H2N2/c1-3-4-2-5(1)3/h1-2H. The lowest BCUT2D eigenvalue weighted by Crippen LogP contribution is -1.81. The van der Waals surface area contributed by atoms with E-state index in [1.165, 1.54) is 0 Å². The zero-order valence-electron chi connectivity index (χ0n) is 2.55. The van der Waals surface area contributed by atoms with Crippen molar-refractivity contribution in [3.63, 3.8) is 0 Å². The Kier molecular flexibility index (Phi) is 0.0743. The number of fused-ring (bicyclic) bond motifs is 1. The minimum atomic E-state index is 1.13. The average molecular weight is 66.1 g/mol. The van der Waals surface area contributed by atoms with Gasteiger partial charge in [-0.2, -0.15) is 0 Å². The van der Waals surface area contributed by atoms with Gasteiger partial charge in [0.15, 0.2) is 5.82 Å². The first-order valence-electron chi connectivity index (χ1n) is 1.51. The highest BCUT2D eigenvalue weighted by Crippen LogP contribution is 2.15. The van der Waals surface area contributed by atoms with Gasteiger partial charge in [0.05, 0.1) is 6.20 Å². The number of nitrogens with zero attached hydrogens (tertiary/aromatic N) is 2. The Morgan fingerprint density at radius 3 is 2.60 bits per heavy atom. The van der Waals surface area contributed by atoms with Gasteiger partial charge in [0.2, 0.25) is 0 Å². The maximum atomic E-state index is 3.81. The summed E-state index contributed by atoms with van der Waals surface area (Å²) in [7, 11) is 0. The van der Waals surface area contributed by atoms with Crippen molar-refractivity contribution < 1.29 is 0 Å².